The van der Waals surface area contributed by atoms with Crippen molar-refractivity contribution >= 4 is 17.4 Å². The van der Waals surface area contributed by atoms with Gasteiger partial charge in [0, 0.05) is 49.2 Å². The van der Waals surface area contributed by atoms with Gasteiger partial charge in [-0.05, 0) is 58.0 Å². The number of halogens is 5. The van der Waals surface area contributed by atoms with E-state index >= 15 is 0 Å². The molecule has 0 aliphatic carbocycles. The highest BCUT2D eigenvalue weighted by Gasteiger charge is 2.44. The summed E-state index contributed by atoms with van der Waals surface area (Å²) in [5.41, 5.74) is -0.595. The van der Waals surface area contributed by atoms with Gasteiger partial charge in [0.25, 0.3) is 0 Å². The van der Waals surface area contributed by atoms with Crippen LogP contribution in [0.5, 0.6) is 0 Å². The van der Waals surface area contributed by atoms with E-state index in [0.717, 1.165) is 24.3 Å². The first-order valence-electron chi connectivity index (χ1n) is 12.5. The van der Waals surface area contributed by atoms with E-state index in [1.165, 1.54) is 17.9 Å². The Labute approximate surface area is 217 Å². The molecule has 0 radical (unpaired) electrons. The molecule has 2 aliphatic heterocycles. The number of carbonyl (C=O) groups excluding carboxylic acids is 1. The summed E-state index contributed by atoms with van der Waals surface area (Å²) < 4.78 is 73.7. The monoisotopic (exact) mass is 542 g/mol. The second-order valence-corrected chi connectivity index (χ2v) is 9.76. The molecule has 0 unspecified atom stereocenters. The molecule has 208 valence electrons. The number of aliphatic hydroxyl groups is 1. The number of aryl methyl sites for hydroxylation is 1. The third-order valence-electron chi connectivity index (χ3n) is 7.31. The molecule has 4 atom stereocenters. The van der Waals surface area contributed by atoms with Gasteiger partial charge in [-0.25, -0.2) is 13.8 Å². The number of benzene rings is 1. The van der Waals surface area contributed by atoms with Gasteiger partial charge in [0.15, 0.2) is 11.6 Å². The summed E-state index contributed by atoms with van der Waals surface area (Å²) in [5.74, 6) is -2.64. The smallest absolute Gasteiger partial charge is 0.389 e. The Morgan fingerprint density at radius 2 is 1.95 bits per heavy atom. The number of likely N-dealkylation sites (N-methyl/N-ethyl adjacent to an activating group) is 2. The second-order valence-electron chi connectivity index (χ2n) is 9.76. The highest BCUT2D eigenvalue weighted by molar-refractivity contribution is 5.99. The number of pyridine rings is 1. The number of rotatable bonds is 6. The first kappa shape index (κ1) is 28.2. The van der Waals surface area contributed by atoms with E-state index in [0.29, 0.717) is 13.0 Å². The van der Waals surface area contributed by atoms with Crippen LogP contribution < -0.4 is 9.80 Å². The Bertz CT molecular complexity index is 1160. The number of hydrogen-bond donors (Lipinski definition) is 1. The van der Waals surface area contributed by atoms with Gasteiger partial charge < -0.3 is 19.6 Å². The Hall–Kier alpha value is -2.83. The van der Waals surface area contributed by atoms with Crippen LogP contribution in [0.1, 0.15) is 31.0 Å². The van der Waals surface area contributed by atoms with E-state index < -0.39 is 41.4 Å². The standard InChI is InChI=1S/C26H31F5N4O3/c1-4-34(17-5-6-19(27)20(28)11-17)25(37)22-12-18(33(3)21-7-8-38-14-23(21)36)13-35(22)24-10-16(26(29,30)31)9-15(2)32-24/h5-6,9-11,18,21-23,36H,4,7-8,12-14H2,1-3H3/t18-,21+,22-,23+/m0/s1. The minimum Gasteiger partial charge on any atom is -0.389 e. The number of nitrogens with zero attached hydrogens (tertiary/aromatic N) is 4. The van der Waals surface area contributed by atoms with Crippen molar-refractivity contribution in [2.75, 3.05) is 43.2 Å². The fourth-order valence-electron chi connectivity index (χ4n) is 5.31. The molecule has 0 bridgehead atoms. The van der Waals surface area contributed by atoms with Crippen LogP contribution in [0, 0.1) is 18.6 Å². The number of aromatic nitrogens is 1. The number of carbonyl (C=O) groups is 1. The predicted octanol–water partition coefficient (Wildman–Crippen LogP) is 3.77. The SMILES string of the molecule is CCN(C(=O)[C@@H]1C[C@H](N(C)[C@@H]2CCOC[C@H]2O)CN1c1cc(C(F)(F)F)cc(C)n1)c1ccc(F)c(F)c1. The molecule has 7 nitrogen and oxygen atoms in total. The largest absolute Gasteiger partial charge is 0.416 e. The van der Waals surface area contributed by atoms with Gasteiger partial charge in [-0.3, -0.25) is 9.69 Å². The molecule has 0 spiro atoms. The summed E-state index contributed by atoms with van der Waals surface area (Å²) >= 11 is 0. The fraction of sp³-hybridized carbons (Fsp3) is 0.538. The molecular formula is C26H31F5N4O3. The van der Waals surface area contributed by atoms with Crippen LogP contribution in [-0.4, -0.2) is 78.5 Å². The zero-order valence-electron chi connectivity index (χ0n) is 21.4. The average molecular weight is 543 g/mol. The summed E-state index contributed by atoms with van der Waals surface area (Å²) in [7, 11) is 1.81. The molecule has 2 fully saturated rings. The number of ether oxygens (including phenoxy) is 1. The van der Waals surface area contributed by atoms with Crippen LogP contribution in [-0.2, 0) is 15.7 Å². The van der Waals surface area contributed by atoms with Crippen molar-refractivity contribution < 1.29 is 36.6 Å². The molecule has 2 saturated heterocycles. The molecule has 3 heterocycles. The van der Waals surface area contributed by atoms with E-state index in [1.807, 2.05) is 11.9 Å². The zero-order valence-corrected chi connectivity index (χ0v) is 21.4. The molecule has 1 amide bonds. The third-order valence-corrected chi connectivity index (χ3v) is 7.31. The summed E-state index contributed by atoms with van der Waals surface area (Å²) in [4.78, 5) is 23.0. The lowest BCUT2D eigenvalue weighted by molar-refractivity contribution is -0.137. The molecule has 1 aromatic heterocycles. The Morgan fingerprint density at radius 3 is 2.58 bits per heavy atom. The van der Waals surface area contributed by atoms with Crippen molar-refractivity contribution in [1.29, 1.82) is 0 Å². The van der Waals surface area contributed by atoms with Gasteiger partial charge >= 0.3 is 6.18 Å². The maximum Gasteiger partial charge on any atom is 0.416 e. The van der Waals surface area contributed by atoms with Gasteiger partial charge in [-0.15, -0.1) is 0 Å². The van der Waals surface area contributed by atoms with Crippen LogP contribution in [0.4, 0.5) is 33.5 Å². The topological polar surface area (TPSA) is 69.1 Å². The van der Waals surface area contributed by atoms with Crippen molar-refractivity contribution in [1.82, 2.24) is 9.88 Å². The summed E-state index contributed by atoms with van der Waals surface area (Å²) in [6.07, 6.45) is -4.56. The maximum atomic E-state index is 14.0. The zero-order chi connectivity index (χ0) is 27.8. The Balaban J connectivity index is 1.71. The minimum absolute atomic E-state index is 0.000408. The van der Waals surface area contributed by atoms with Crippen LogP contribution in [0.15, 0.2) is 30.3 Å². The van der Waals surface area contributed by atoms with Gasteiger partial charge in [0.2, 0.25) is 5.91 Å². The van der Waals surface area contributed by atoms with Crippen molar-refractivity contribution in [2.24, 2.45) is 0 Å². The van der Waals surface area contributed by atoms with Crippen molar-refractivity contribution in [3.8, 4) is 0 Å². The Kier molecular flexibility index (Phi) is 8.24. The molecule has 12 heteroatoms. The highest BCUT2D eigenvalue weighted by atomic mass is 19.4. The van der Waals surface area contributed by atoms with E-state index in [9.17, 15) is 31.9 Å². The van der Waals surface area contributed by atoms with Gasteiger partial charge in [-0.2, -0.15) is 13.2 Å². The molecule has 4 rings (SSSR count). The van der Waals surface area contributed by atoms with Crippen LogP contribution in [0.3, 0.4) is 0 Å². The molecule has 2 aromatic rings. The van der Waals surface area contributed by atoms with Crippen molar-refractivity contribution in [3.63, 3.8) is 0 Å². The van der Waals surface area contributed by atoms with E-state index in [1.54, 1.807) is 11.8 Å². The van der Waals surface area contributed by atoms with Crippen LogP contribution >= 0.6 is 0 Å². The molecule has 1 N–H and O–H groups in total. The summed E-state index contributed by atoms with van der Waals surface area (Å²) in [6, 6.07) is 3.51. The number of amides is 1. The maximum absolute atomic E-state index is 14.0. The van der Waals surface area contributed by atoms with E-state index in [2.05, 4.69) is 4.98 Å². The number of alkyl halides is 3. The molecule has 1 aromatic carbocycles. The molecular weight excluding hydrogens is 511 g/mol. The first-order valence-corrected chi connectivity index (χ1v) is 12.5. The van der Waals surface area contributed by atoms with Crippen molar-refractivity contribution in [2.45, 2.75) is 57.1 Å². The number of anilines is 2. The third kappa shape index (κ3) is 5.76. The number of hydrogen-bond acceptors (Lipinski definition) is 6. The van der Waals surface area contributed by atoms with Gasteiger partial charge in [-0.1, -0.05) is 0 Å². The van der Waals surface area contributed by atoms with Gasteiger partial charge in [0.05, 0.1) is 18.3 Å². The lowest BCUT2D eigenvalue weighted by Crippen LogP contribution is -2.51. The Morgan fingerprint density at radius 1 is 1.21 bits per heavy atom. The van der Waals surface area contributed by atoms with Crippen LogP contribution in [0.2, 0.25) is 0 Å². The van der Waals surface area contributed by atoms with E-state index in [-0.39, 0.29) is 55.4 Å². The van der Waals surface area contributed by atoms with Crippen molar-refractivity contribution in [3.05, 3.63) is 53.2 Å². The molecule has 2 aliphatic rings. The van der Waals surface area contributed by atoms with Crippen LogP contribution in [0.25, 0.3) is 0 Å². The normalized spacial score (nSPS) is 24.2. The lowest BCUT2D eigenvalue weighted by atomic mass is 10.0. The molecule has 38 heavy (non-hydrogen) atoms. The second kappa shape index (κ2) is 11.1. The summed E-state index contributed by atoms with van der Waals surface area (Å²) in [6.45, 7) is 4.06. The average Bonchev–Trinajstić information content (AvgIpc) is 3.31. The lowest BCUT2D eigenvalue weighted by Gasteiger charge is -2.38. The minimum atomic E-state index is -4.61. The summed E-state index contributed by atoms with van der Waals surface area (Å²) in [5, 5.41) is 10.5. The highest BCUT2D eigenvalue weighted by Crippen LogP contribution is 2.36. The first-order chi connectivity index (χ1) is 17.9. The predicted molar refractivity (Wildman–Crippen MR) is 131 cm³/mol. The quantitative estimate of drug-likeness (QED) is 0.561. The van der Waals surface area contributed by atoms with E-state index in [4.69, 9.17) is 4.74 Å². The number of aliphatic hydroxyl groups excluding tert-OH is 1. The molecule has 0 saturated carbocycles. The fourth-order valence-corrected chi connectivity index (χ4v) is 5.31. The van der Waals surface area contributed by atoms with Gasteiger partial charge in [0.1, 0.15) is 11.9 Å².